The Bertz CT molecular complexity index is 1370. The van der Waals surface area contributed by atoms with Crippen LogP contribution in [0.25, 0.3) is 22.8 Å². The Morgan fingerprint density at radius 1 is 1.09 bits per heavy atom. The minimum Gasteiger partial charge on any atom is -0.486 e. The molecule has 1 aromatic carbocycles. The quantitative estimate of drug-likeness (QED) is 0.493. The number of aromatic nitrogens is 3. The molecule has 0 bridgehead atoms. The van der Waals surface area contributed by atoms with Crippen molar-refractivity contribution in [1.29, 1.82) is 0 Å². The molecule has 1 aliphatic rings. The molecule has 1 N–H and O–H groups in total. The van der Waals surface area contributed by atoms with Crippen molar-refractivity contribution < 1.29 is 23.2 Å². The fourth-order valence-electron chi connectivity index (χ4n) is 3.50. The lowest BCUT2D eigenvalue weighted by Crippen LogP contribution is -2.33. The summed E-state index contributed by atoms with van der Waals surface area (Å²) in [6.07, 6.45) is 1.50. The highest BCUT2D eigenvalue weighted by molar-refractivity contribution is 5.93. The largest absolute Gasteiger partial charge is 0.486 e. The topological polar surface area (TPSA) is 122 Å². The van der Waals surface area contributed by atoms with Crippen LogP contribution in [0.1, 0.15) is 18.7 Å². The lowest BCUT2D eigenvalue weighted by atomic mass is 10.1. The van der Waals surface area contributed by atoms with Crippen LogP contribution in [0.2, 0.25) is 0 Å². The van der Waals surface area contributed by atoms with Crippen LogP contribution in [0.4, 0.5) is 5.69 Å². The van der Waals surface area contributed by atoms with Crippen LogP contribution in [-0.2, 0) is 4.79 Å². The Kier molecular flexibility index (Phi) is 5.17. The molecule has 1 amide bonds. The number of amides is 1. The second-order valence-electron chi connectivity index (χ2n) is 7.52. The molecule has 0 spiro atoms. The second kappa shape index (κ2) is 8.30. The number of hydrogen-bond donors (Lipinski definition) is 1. The molecule has 0 radical (unpaired) electrons. The first-order valence-corrected chi connectivity index (χ1v) is 10.3. The molecular weight excluding hydrogens is 428 g/mol. The highest BCUT2D eigenvalue weighted by Crippen LogP contribution is 2.33. The van der Waals surface area contributed by atoms with Crippen molar-refractivity contribution in [2.24, 2.45) is 0 Å². The number of fused-ring (bicyclic) bond motifs is 1. The summed E-state index contributed by atoms with van der Waals surface area (Å²) in [6.45, 7) is 4.28. The van der Waals surface area contributed by atoms with Crippen molar-refractivity contribution >= 4 is 11.6 Å². The van der Waals surface area contributed by atoms with E-state index in [0.29, 0.717) is 58.9 Å². The number of benzene rings is 1. The highest BCUT2D eigenvalue weighted by atomic mass is 16.6. The number of anilines is 1. The third kappa shape index (κ3) is 3.98. The smallest absolute Gasteiger partial charge is 0.268 e. The standard InChI is InChI=1S/C23H20N4O6/c1-13-10-19(33-26-13)16-12-21(28)27(25-22(16)18-4-3-7-30-18)14(2)23(29)24-15-5-6-17-20(11-15)32-9-8-31-17/h3-7,10-12,14H,8-9H2,1-2H3,(H,24,29). The summed E-state index contributed by atoms with van der Waals surface area (Å²) in [6, 6.07) is 10.7. The zero-order valence-electron chi connectivity index (χ0n) is 17.9. The normalized spacial score (nSPS) is 13.5. The molecule has 4 aromatic rings. The molecule has 4 heterocycles. The number of hydrogen-bond acceptors (Lipinski definition) is 8. The number of carbonyl (C=O) groups is 1. The van der Waals surface area contributed by atoms with Crippen LogP contribution in [-0.4, -0.2) is 34.1 Å². The van der Waals surface area contributed by atoms with Gasteiger partial charge in [0.1, 0.15) is 24.9 Å². The Morgan fingerprint density at radius 2 is 1.91 bits per heavy atom. The highest BCUT2D eigenvalue weighted by Gasteiger charge is 2.24. The second-order valence-corrected chi connectivity index (χ2v) is 7.52. The lowest BCUT2D eigenvalue weighted by Gasteiger charge is -2.20. The maximum absolute atomic E-state index is 13.0. The average Bonchev–Trinajstić information content (AvgIpc) is 3.50. The van der Waals surface area contributed by atoms with E-state index in [1.165, 1.54) is 12.3 Å². The van der Waals surface area contributed by atoms with E-state index in [4.69, 9.17) is 18.4 Å². The zero-order valence-corrected chi connectivity index (χ0v) is 17.9. The molecule has 33 heavy (non-hydrogen) atoms. The Labute approximate surface area is 187 Å². The molecule has 1 aliphatic heterocycles. The fourth-order valence-corrected chi connectivity index (χ4v) is 3.50. The molecule has 0 saturated carbocycles. The van der Waals surface area contributed by atoms with Gasteiger partial charge in [-0.05, 0) is 38.1 Å². The maximum atomic E-state index is 13.0. The number of aryl methyl sites for hydroxylation is 1. The average molecular weight is 448 g/mol. The van der Waals surface area contributed by atoms with Crippen LogP contribution in [0.5, 0.6) is 11.5 Å². The number of rotatable bonds is 5. The summed E-state index contributed by atoms with van der Waals surface area (Å²) in [7, 11) is 0. The lowest BCUT2D eigenvalue weighted by molar-refractivity contribution is -0.119. The van der Waals surface area contributed by atoms with Gasteiger partial charge in [-0.3, -0.25) is 9.59 Å². The SMILES string of the molecule is Cc1cc(-c2cc(=O)n(C(C)C(=O)Nc3ccc4c(c3)OCCO4)nc2-c2ccco2)on1. The Hall–Kier alpha value is -4.34. The summed E-state index contributed by atoms with van der Waals surface area (Å²) in [4.78, 5) is 25.9. The van der Waals surface area contributed by atoms with Crippen molar-refractivity contribution in [3.63, 3.8) is 0 Å². The van der Waals surface area contributed by atoms with Gasteiger partial charge in [0.15, 0.2) is 23.0 Å². The molecular formula is C23H20N4O6. The summed E-state index contributed by atoms with van der Waals surface area (Å²) >= 11 is 0. The summed E-state index contributed by atoms with van der Waals surface area (Å²) in [5.41, 5.74) is 1.48. The molecule has 10 heteroatoms. The molecule has 1 unspecified atom stereocenters. The van der Waals surface area contributed by atoms with Crippen LogP contribution >= 0.6 is 0 Å². The van der Waals surface area contributed by atoms with E-state index in [-0.39, 0.29) is 0 Å². The fraction of sp³-hybridized carbons (Fsp3) is 0.217. The monoisotopic (exact) mass is 448 g/mol. The van der Waals surface area contributed by atoms with E-state index in [0.717, 1.165) is 4.68 Å². The van der Waals surface area contributed by atoms with E-state index in [1.54, 1.807) is 50.2 Å². The number of furan rings is 1. The van der Waals surface area contributed by atoms with Gasteiger partial charge in [0.2, 0.25) is 5.91 Å². The van der Waals surface area contributed by atoms with E-state index in [9.17, 15) is 9.59 Å². The molecule has 0 saturated heterocycles. The predicted octanol–water partition coefficient (Wildman–Crippen LogP) is 3.44. The molecule has 0 fully saturated rings. The van der Waals surface area contributed by atoms with Crippen LogP contribution < -0.4 is 20.3 Å². The van der Waals surface area contributed by atoms with Crippen molar-refractivity contribution in [3.8, 4) is 34.3 Å². The van der Waals surface area contributed by atoms with Gasteiger partial charge >= 0.3 is 0 Å². The van der Waals surface area contributed by atoms with E-state index >= 15 is 0 Å². The summed E-state index contributed by atoms with van der Waals surface area (Å²) < 4.78 is 23.0. The van der Waals surface area contributed by atoms with Gasteiger partial charge in [0, 0.05) is 23.9 Å². The van der Waals surface area contributed by atoms with Crippen LogP contribution in [0.3, 0.4) is 0 Å². The molecule has 168 valence electrons. The van der Waals surface area contributed by atoms with Crippen molar-refractivity contribution in [2.75, 3.05) is 18.5 Å². The molecule has 10 nitrogen and oxygen atoms in total. The molecule has 3 aromatic heterocycles. The third-order valence-electron chi connectivity index (χ3n) is 5.16. The van der Waals surface area contributed by atoms with Crippen LogP contribution in [0.15, 0.2) is 62.5 Å². The minimum atomic E-state index is -0.912. The van der Waals surface area contributed by atoms with Gasteiger partial charge in [0.25, 0.3) is 5.56 Å². The number of carbonyl (C=O) groups excluding carboxylic acids is 1. The summed E-state index contributed by atoms with van der Waals surface area (Å²) in [5.74, 6) is 1.55. The minimum absolute atomic E-state index is 0.356. The number of nitrogens with one attached hydrogen (secondary N) is 1. The van der Waals surface area contributed by atoms with Crippen molar-refractivity contribution in [2.45, 2.75) is 19.9 Å². The van der Waals surface area contributed by atoms with E-state index in [1.807, 2.05) is 0 Å². The Balaban J connectivity index is 1.47. The van der Waals surface area contributed by atoms with E-state index < -0.39 is 17.5 Å². The molecule has 0 aliphatic carbocycles. The van der Waals surface area contributed by atoms with Gasteiger partial charge in [-0.25, -0.2) is 4.68 Å². The number of nitrogens with zero attached hydrogens (tertiary/aromatic N) is 3. The molecule has 1 atom stereocenters. The first kappa shape index (κ1) is 20.6. The first-order valence-electron chi connectivity index (χ1n) is 10.3. The van der Waals surface area contributed by atoms with Gasteiger partial charge in [-0.1, -0.05) is 5.16 Å². The van der Waals surface area contributed by atoms with Crippen LogP contribution in [0, 0.1) is 6.92 Å². The van der Waals surface area contributed by atoms with Crippen molar-refractivity contribution in [3.05, 3.63) is 64.8 Å². The summed E-state index contributed by atoms with van der Waals surface area (Å²) in [5, 5.41) is 11.1. The van der Waals surface area contributed by atoms with Crippen molar-refractivity contribution in [1.82, 2.24) is 14.9 Å². The van der Waals surface area contributed by atoms with Gasteiger partial charge in [0.05, 0.1) is 17.5 Å². The number of ether oxygens (including phenoxy) is 2. The van der Waals surface area contributed by atoms with Gasteiger partial charge in [-0.15, -0.1) is 0 Å². The zero-order chi connectivity index (χ0) is 22.9. The third-order valence-corrected chi connectivity index (χ3v) is 5.16. The molecule has 5 rings (SSSR count). The van der Waals surface area contributed by atoms with Gasteiger partial charge in [-0.2, -0.15) is 5.10 Å². The Morgan fingerprint density at radius 3 is 2.64 bits per heavy atom. The van der Waals surface area contributed by atoms with E-state index in [2.05, 4.69) is 15.6 Å². The predicted molar refractivity (Wildman–Crippen MR) is 117 cm³/mol. The maximum Gasteiger partial charge on any atom is 0.268 e. The van der Waals surface area contributed by atoms with Gasteiger partial charge < -0.3 is 23.7 Å². The first-order chi connectivity index (χ1) is 16.0.